The number of rotatable bonds is 7. The minimum Gasteiger partial charge on any atom is -0.483 e. The Balaban J connectivity index is 1.40. The largest absolute Gasteiger partial charge is 0.483 e. The van der Waals surface area contributed by atoms with Crippen LogP contribution in [0.15, 0.2) is 24.5 Å². The van der Waals surface area contributed by atoms with E-state index in [-0.39, 0.29) is 29.3 Å². The second kappa shape index (κ2) is 9.47. The van der Waals surface area contributed by atoms with E-state index < -0.39 is 5.97 Å². The van der Waals surface area contributed by atoms with Crippen LogP contribution in [0.4, 0.5) is 0 Å². The van der Waals surface area contributed by atoms with Gasteiger partial charge in [-0.2, -0.15) is 4.68 Å². The summed E-state index contributed by atoms with van der Waals surface area (Å²) < 4.78 is 25.4. The molecular formula is C22H21N5O6S. The van der Waals surface area contributed by atoms with Crippen molar-refractivity contribution >= 4 is 17.3 Å². The zero-order valence-electron chi connectivity index (χ0n) is 18.4. The number of aromatic carboxylic acids is 1. The van der Waals surface area contributed by atoms with E-state index in [1.807, 2.05) is 12.1 Å². The SMILES string of the molecule is CC#CCO[C@H]1CO[C@H]2[C@@H]1OC[C@@H]2Oc1ccc(-c2nc(C)c(C(=O)O)s2)cc1-n1cnnn1. The van der Waals surface area contributed by atoms with Crippen LogP contribution >= 0.6 is 11.3 Å². The molecule has 11 nitrogen and oxygen atoms in total. The van der Waals surface area contributed by atoms with Crippen molar-refractivity contribution in [1.82, 2.24) is 25.2 Å². The highest BCUT2D eigenvalue weighted by Crippen LogP contribution is 2.36. The number of tetrazole rings is 1. The van der Waals surface area contributed by atoms with Gasteiger partial charge in [-0.05, 0) is 42.5 Å². The molecule has 2 saturated heterocycles. The Morgan fingerprint density at radius 3 is 2.79 bits per heavy atom. The predicted octanol–water partition coefficient (Wildman–Crippen LogP) is 1.75. The van der Waals surface area contributed by atoms with Gasteiger partial charge in [-0.15, -0.1) is 22.4 Å². The van der Waals surface area contributed by atoms with E-state index in [1.165, 1.54) is 11.0 Å². The zero-order valence-corrected chi connectivity index (χ0v) is 19.2. The van der Waals surface area contributed by atoms with Crippen LogP contribution in [0.5, 0.6) is 5.75 Å². The van der Waals surface area contributed by atoms with Gasteiger partial charge in [0.05, 0.1) is 18.9 Å². The van der Waals surface area contributed by atoms with Crippen LogP contribution in [0.25, 0.3) is 16.3 Å². The van der Waals surface area contributed by atoms with Crippen LogP contribution in [0.2, 0.25) is 0 Å². The first-order chi connectivity index (χ1) is 16.5. The number of hydrogen-bond acceptors (Lipinski definition) is 10. The highest BCUT2D eigenvalue weighted by Gasteiger charge is 2.49. The first-order valence-electron chi connectivity index (χ1n) is 10.5. The lowest BCUT2D eigenvalue weighted by atomic mass is 10.1. The maximum atomic E-state index is 11.4. The number of aryl methyl sites for hydroxylation is 1. The predicted molar refractivity (Wildman–Crippen MR) is 119 cm³/mol. The summed E-state index contributed by atoms with van der Waals surface area (Å²) in [7, 11) is 0. The Morgan fingerprint density at radius 1 is 1.29 bits per heavy atom. The minimum atomic E-state index is -1.00. The Labute approximate surface area is 198 Å². The van der Waals surface area contributed by atoms with Gasteiger partial charge in [-0.1, -0.05) is 5.92 Å². The van der Waals surface area contributed by atoms with Crippen LogP contribution in [0, 0.1) is 18.8 Å². The number of ether oxygens (including phenoxy) is 4. The van der Waals surface area contributed by atoms with Gasteiger partial charge in [0, 0.05) is 5.56 Å². The molecular weight excluding hydrogens is 462 g/mol. The molecule has 12 heteroatoms. The second-order valence-electron chi connectivity index (χ2n) is 7.70. The van der Waals surface area contributed by atoms with Crippen molar-refractivity contribution in [2.45, 2.75) is 38.3 Å². The molecule has 0 aliphatic carbocycles. The topological polar surface area (TPSA) is 131 Å². The molecule has 34 heavy (non-hydrogen) atoms. The number of carboxylic acid groups (broad SMARTS) is 1. The second-order valence-corrected chi connectivity index (χ2v) is 8.70. The van der Waals surface area contributed by atoms with E-state index in [9.17, 15) is 9.90 Å². The van der Waals surface area contributed by atoms with Gasteiger partial charge >= 0.3 is 5.97 Å². The van der Waals surface area contributed by atoms with Gasteiger partial charge in [0.15, 0.2) is 6.10 Å². The van der Waals surface area contributed by atoms with Crippen molar-refractivity contribution in [3.05, 3.63) is 35.1 Å². The summed E-state index contributed by atoms with van der Waals surface area (Å²) in [6.45, 7) is 4.52. The van der Waals surface area contributed by atoms with E-state index in [1.54, 1.807) is 19.9 Å². The van der Waals surface area contributed by atoms with Crippen LogP contribution in [0.3, 0.4) is 0 Å². The average molecular weight is 484 g/mol. The molecule has 2 aliphatic heterocycles. The summed E-state index contributed by atoms with van der Waals surface area (Å²) in [5.74, 6) is 5.22. The number of thiazole rings is 1. The molecule has 4 atom stereocenters. The number of nitrogens with zero attached hydrogens (tertiary/aromatic N) is 5. The summed E-state index contributed by atoms with van der Waals surface area (Å²) in [4.78, 5) is 16.1. The fourth-order valence-electron chi connectivity index (χ4n) is 3.98. The van der Waals surface area contributed by atoms with Gasteiger partial charge in [0.1, 0.15) is 52.6 Å². The van der Waals surface area contributed by atoms with Gasteiger partial charge in [0.25, 0.3) is 0 Å². The molecule has 0 unspecified atom stereocenters. The molecule has 176 valence electrons. The monoisotopic (exact) mass is 483 g/mol. The number of fused-ring (bicyclic) bond motifs is 1. The molecule has 4 heterocycles. The summed E-state index contributed by atoms with van der Waals surface area (Å²) in [5.41, 5.74) is 1.77. The quantitative estimate of drug-likeness (QED) is 0.496. The average Bonchev–Trinajstić information content (AvgIpc) is 3.61. The van der Waals surface area contributed by atoms with E-state index in [0.717, 1.165) is 16.9 Å². The molecule has 0 saturated carbocycles. The summed E-state index contributed by atoms with van der Waals surface area (Å²) in [5, 5.41) is 21.4. The van der Waals surface area contributed by atoms with E-state index in [0.29, 0.717) is 42.0 Å². The number of carboxylic acids is 1. The van der Waals surface area contributed by atoms with Crippen LogP contribution < -0.4 is 4.74 Å². The highest BCUT2D eigenvalue weighted by molar-refractivity contribution is 7.17. The maximum absolute atomic E-state index is 11.4. The molecule has 1 N–H and O–H groups in total. The van der Waals surface area contributed by atoms with Crippen LogP contribution in [-0.2, 0) is 14.2 Å². The van der Waals surface area contributed by atoms with E-state index >= 15 is 0 Å². The van der Waals surface area contributed by atoms with Crippen LogP contribution in [-0.4, -0.2) is 80.5 Å². The Bertz CT molecular complexity index is 1250. The summed E-state index contributed by atoms with van der Waals surface area (Å²) in [6.07, 6.45) is 0.406. The van der Waals surface area contributed by atoms with Gasteiger partial charge in [-0.3, -0.25) is 0 Å². The van der Waals surface area contributed by atoms with Gasteiger partial charge < -0.3 is 24.1 Å². The lowest BCUT2D eigenvalue weighted by Gasteiger charge is -2.20. The zero-order chi connectivity index (χ0) is 23.7. The lowest BCUT2D eigenvalue weighted by Crippen LogP contribution is -2.35. The van der Waals surface area contributed by atoms with Gasteiger partial charge in [-0.25, -0.2) is 9.78 Å². The van der Waals surface area contributed by atoms with Crippen molar-refractivity contribution in [3.8, 4) is 33.8 Å². The number of benzene rings is 1. The molecule has 0 spiro atoms. The lowest BCUT2D eigenvalue weighted by molar-refractivity contribution is -0.0243. The third-order valence-corrected chi connectivity index (χ3v) is 6.77. The smallest absolute Gasteiger partial charge is 0.347 e. The fourth-order valence-corrected chi connectivity index (χ4v) is 4.88. The third kappa shape index (κ3) is 4.26. The van der Waals surface area contributed by atoms with Gasteiger partial charge in [0.2, 0.25) is 0 Å². The molecule has 0 radical (unpaired) electrons. The van der Waals surface area contributed by atoms with E-state index in [4.69, 9.17) is 18.9 Å². The summed E-state index contributed by atoms with van der Waals surface area (Å²) in [6, 6.07) is 5.43. The Kier molecular flexibility index (Phi) is 6.25. The molecule has 0 bridgehead atoms. The number of carbonyl (C=O) groups is 1. The van der Waals surface area contributed by atoms with Crippen molar-refractivity contribution < 1.29 is 28.8 Å². The van der Waals surface area contributed by atoms with Crippen molar-refractivity contribution in [2.75, 3.05) is 19.8 Å². The van der Waals surface area contributed by atoms with Crippen molar-refractivity contribution in [3.63, 3.8) is 0 Å². The molecule has 2 aromatic heterocycles. The first kappa shape index (κ1) is 22.4. The first-order valence-corrected chi connectivity index (χ1v) is 11.4. The normalized spacial score (nSPS) is 23.4. The molecule has 2 aliphatic rings. The molecule has 1 aromatic carbocycles. The summed E-state index contributed by atoms with van der Waals surface area (Å²) >= 11 is 1.11. The van der Waals surface area contributed by atoms with Crippen LogP contribution in [0.1, 0.15) is 22.3 Å². The van der Waals surface area contributed by atoms with E-state index in [2.05, 4.69) is 32.4 Å². The highest BCUT2D eigenvalue weighted by atomic mass is 32.1. The number of aromatic nitrogens is 5. The molecule has 2 fully saturated rings. The minimum absolute atomic E-state index is 0.197. The molecule has 5 rings (SSSR count). The molecule has 0 amide bonds. The third-order valence-electron chi connectivity index (χ3n) is 5.58. The standard InChI is InChI=1S/C22H21N5O6S/c1-3-4-7-30-16-9-31-19-17(10-32-18(16)19)33-15-6-5-13(8-14(15)27-11-23-25-26-27)21-24-12(2)20(34-21)22(28)29/h5-6,8,11,16-19H,7,9-10H2,1-2H3,(H,28,29)/t16-,17-,18+,19+/m0/s1. The van der Waals surface area contributed by atoms with Crippen molar-refractivity contribution in [1.29, 1.82) is 0 Å². The Hall–Kier alpha value is -3.37. The van der Waals surface area contributed by atoms with Crippen molar-refractivity contribution in [2.24, 2.45) is 0 Å². The number of hydrogen-bond donors (Lipinski definition) is 1. The maximum Gasteiger partial charge on any atom is 0.347 e. The fraction of sp³-hybridized carbons (Fsp3) is 0.409. The molecule has 3 aromatic rings. The Morgan fingerprint density at radius 2 is 2.09 bits per heavy atom.